The van der Waals surface area contributed by atoms with E-state index in [1.54, 1.807) is 4.57 Å². The molecule has 2 aliphatic heterocycles. The summed E-state index contributed by atoms with van der Waals surface area (Å²) in [4.78, 5) is 5.01. The van der Waals surface area contributed by atoms with E-state index in [0.717, 1.165) is 156 Å². The van der Waals surface area contributed by atoms with Gasteiger partial charge in [0.2, 0.25) is 0 Å². The van der Waals surface area contributed by atoms with Crippen molar-refractivity contribution in [2.75, 3.05) is 9.80 Å². The third-order valence-corrected chi connectivity index (χ3v) is 22.8. The van der Waals surface area contributed by atoms with E-state index in [0.29, 0.717) is 5.69 Å². The first-order valence-electron chi connectivity index (χ1n) is 40.8. The highest BCUT2D eigenvalue weighted by Crippen LogP contribution is 2.55. The molecule has 0 saturated heterocycles. The van der Waals surface area contributed by atoms with E-state index in [1.165, 1.54) is 27.2 Å². The number of hydrogen-bond donors (Lipinski definition) is 0. The molecule has 23 rings (SSSR count). The maximum Gasteiger partial charge on any atom is 0.252 e. The Morgan fingerprint density at radius 3 is 1.18 bits per heavy atom. The number of aromatic nitrogens is 3. The van der Waals surface area contributed by atoms with Crippen molar-refractivity contribution in [3.05, 3.63) is 388 Å². The Morgan fingerprint density at radius 2 is 0.611 bits per heavy atom. The average Bonchev–Trinajstić information content (AvgIpc) is 0.832. The zero-order valence-corrected chi connectivity index (χ0v) is 58.1. The van der Waals surface area contributed by atoms with Crippen LogP contribution in [0.4, 0.5) is 34.1 Å². The topological polar surface area (TPSA) is 20.8 Å². The number of anilines is 6. The van der Waals surface area contributed by atoms with Crippen molar-refractivity contribution in [1.29, 1.82) is 0 Å². The maximum atomic E-state index is 9.90. The van der Waals surface area contributed by atoms with Gasteiger partial charge in [0.05, 0.1) is 61.0 Å². The molecule has 0 aliphatic carbocycles. The SMILES string of the molecule is [2H]c1c([2H])c([2H])c2c(c1[2H])c1c([2H])c([2H])c([2H])c([2H])c1n2-c1ccc2c(c1)N(c1c(-c3ccccc3)cccc1-c1ccccc1)c1cc(-c3ccc4c(c3)c3ccccc3n4-c3ccccc3)cc3c1B2c1ccc(-c2ccc4c(c2)c2cccc5c6ccccc6n4c52)cc1N3c1c(-c2ccccc2)cccc1-c1ccccc1. The van der Waals surface area contributed by atoms with Gasteiger partial charge in [-0.25, -0.2) is 0 Å². The highest BCUT2D eigenvalue weighted by atomic mass is 15.2. The van der Waals surface area contributed by atoms with Gasteiger partial charge < -0.3 is 23.3 Å². The Morgan fingerprint density at radius 1 is 0.231 bits per heavy atom. The van der Waals surface area contributed by atoms with E-state index in [2.05, 4.69) is 340 Å². The Kier molecular flexibility index (Phi) is 11.5. The zero-order valence-electron chi connectivity index (χ0n) is 66.1. The molecule has 0 spiro atoms. The molecule has 6 heterocycles. The van der Waals surface area contributed by atoms with Crippen molar-refractivity contribution in [2.24, 2.45) is 0 Å². The summed E-state index contributed by atoms with van der Waals surface area (Å²) in [5, 5.41) is 6.98. The molecule has 500 valence electrons. The molecule has 2 aliphatic rings. The average molecular weight is 1380 g/mol. The van der Waals surface area contributed by atoms with Gasteiger partial charge in [-0.05, 0) is 152 Å². The van der Waals surface area contributed by atoms with Crippen LogP contribution in [0.5, 0.6) is 0 Å². The standard InChI is InChI=1S/C102H64BN5/c1-6-27-65(28-7-1)75-41-24-42-76(66-29-8-2-9-30-66)100(75)107-95-61-71(69-52-58-94-86(59-69)84-46-26-45-83-81-39-18-23-50-92(81)106(94)102(83)84)51-55-87(95)103-88-56-54-74(105-89-47-20-16-37-79(89)80-38-17-21-48-90(80)105)64-96(88)108(101-77(67-31-10-3-11-32-67)43-25-44-78(101)68-33-12-4-13-34-68)98-63-72(62-97(107)99(98)103)70-53-57-93-85(60-70)82-40-19-22-49-91(82)104(93)73-35-14-5-15-36-73/h1-64H/i16D,17D,20D,21D,37D,38D,47D,48D. The molecule has 0 saturated carbocycles. The third kappa shape index (κ3) is 8.89. The van der Waals surface area contributed by atoms with Crippen molar-refractivity contribution >= 4 is 139 Å². The Labute approximate surface area is 635 Å². The molecule has 108 heavy (non-hydrogen) atoms. The normalized spacial score (nSPS) is 13.6. The largest absolute Gasteiger partial charge is 0.310 e. The minimum atomic E-state index is -0.529. The summed E-state index contributed by atoms with van der Waals surface area (Å²) in [6.07, 6.45) is 0. The van der Waals surface area contributed by atoms with Gasteiger partial charge in [-0.15, -0.1) is 0 Å². The second-order valence-corrected chi connectivity index (χ2v) is 28.4. The number of rotatable bonds is 10. The monoisotopic (exact) mass is 1380 g/mol. The molecule has 0 N–H and O–H groups in total. The van der Waals surface area contributed by atoms with E-state index in [1.807, 2.05) is 18.2 Å². The van der Waals surface area contributed by atoms with E-state index < -0.39 is 43.0 Å². The van der Waals surface area contributed by atoms with Crippen LogP contribution in [-0.4, -0.2) is 20.2 Å². The lowest BCUT2D eigenvalue weighted by Gasteiger charge is -2.46. The van der Waals surface area contributed by atoms with Crippen molar-refractivity contribution in [3.63, 3.8) is 0 Å². The first-order chi connectivity index (χ1) is 56.9. The van der Waals surface area contributed by atoms with Gasteiger partial charge in [0, 0.05) is 99.5 Å². The smallest absolute Gasteiger partial charge is 0.252 e. The number of nitrogens with zero attached hydrogens (tertiary/aromatic N) is 5. The van der Waals surface area contributed by atoms with Crippen LogP contribution in [0.1, 0.15) is 11.0 Å². The van der Waals surface area contributed by atoms with Crippen LogP contribution in [0, 0.1) is 0 Å². The fourth-order valence-corrected chi connectivity index (χ4v) is 18.2. The van der Waals surface area contributed by atoms with Crippen LogP contribution in [0.15, 0.2) is 388 Å². The molecule has 21 aromatic rings. The van der Waals surface area contributed by atoms with Crippen molar-refractivity contribution in [2.45, 2.75) is 0 Å². The molecule has 4 aromatic heterocycles. The lowest BCUT2D eigenvalue weighted by atomic mass is 9.33. The van der Waals surface area contributed by atoms with Gasteiger partial charge >= 0.3 is 0 Å². The summed E-state index contributed by atoms with van der Waals surface area (Å²) in [7, 11) is 0. The lowest BCUT2D eigenvalue weighted by Crippen LogP contribution is -2.61. The van der Waals surface area contributed by atoms with Crippen LogP contribution in [-0.2, 0) is 0 Å². The third-order valence-electron chi connectivity index (χ3n) is 22.8. The summed E-state index contributed by atoms with van der Waals surface area (Å²) in [6.45, 7) is -0.529. The quantitative estimate of drug-likeness (QED) is 0.127. The molecule has 0 amide bonds. The first kappa shape index (κ1) is 52.7. The lowest BCUT2D eigenvalue weighted by molar-refractivity contribution is 1.17. The summed E-state index contributed by atoms with van der Waals surface area (Å²) in [6, 6.07) is 119. The van der Waals surface area contributed by atoms with Gasteiger partial charge in [0.25, 0.3) is 6.71 Å². The predicted octanol–water partition coefficient (Wildman–Crippen LogP) is 25.1. The van der Waals surface area contributed by atoms with Gasteiger partial charge in [-0.3, -0.25) is 0 Å². The molecule has 0 atom stereocenters. The minimum Gasteiger partial charge on any atom is -0.310 e. The molecule has 0 radical (unpaired) electrons. The van der Waals surface area contributed by atoms with Crippen LogP contribution >= 0.6 is 0 Å². The van der Waals surface area contributed by atoms with Gasteiger partial charge in [-0.2, -0.15) is 0 Å². The molecule has 5 nitrogen and oxygen atoms in total. The fourth-order valence-electron chi connectivity index (χ4n) is 18.2. The molecule has 17 aromatic carbocycles. The van der Waals surface area contributed by atoms with Crippen molar-refractivity contribution in [1.82, 2.24) is 13.5 Å². The van der Waals surface area contributed by atoms with E-state index in [-0.39, 0.29) is 33.9 Å². The number of hydrogen-bond acceptors (Lipinski definition) is 2. The maximum absolute atomic E-state index is 9.90. The van der Waals surface area contributed by atoms with Crippen LogP contribution in [0.25, 0.3) is 160 Å². The molecular weight excluding hydrogens is 1310 g/mol. The summed E-state index contributed by atoms with van der Waals surface area (Å²) >= 11 is 0. The van der Waals surface area contributed by atoms with E-state index in [9.17, 15) is 8.22 Å². The van der Waals surface area contributed by atoms with Gasteiger partial charge in [0.1, 0.15) is 0 Å². The Bertz CT molecular complexity index is 7570. The van der Waals surface area contributed by atoms with Crippen molar-refractivity contribution < 1.29 is 11.0 Å². The fraction of sp³-hybridized carbons (Fsp3) is 0. The highest BCUT2D eigenvalue weighted by molar-refractivity contribution is 7.00. The summed E-state index contributed by atoms with van der Waals surface area (Å²) in [5.41, 5.74) is 27.4. The highest BCUT2D eigenvalue weighted by Gasteiger charge is 2.46. The van der Waals surface area contributed by atoms with Crippen molar-refractivity contribution in [3.8, 4) is 78.1 Å². The van der Waals surface area contributed by atoms with Crippen LogP contribution in [0.2, 0.25) is 0 Å². The molecule has 6 heteroatoms. The minimum absolute atomic E-state index is 0.00261. The first-order valence-corrected chi connectivity index (χ1v) is 36.8. The molecule has 0 bridgehead atoms. The molecule has 0 fully saturated rings. The molecule has 0 unspecified atom stereocenters. The molecular formula is C102H64BN5. The Hall–Kier alpha value is -14.2. The number of benzene rings is 17. The Balaban J connectivity index is 0.891. The van der Waals surface area contributed by atoms with Crippen LogP contribution in [0.3, 0.4) is 0 Å². The summed E-state index contributed by atoms with van der Waals surface area (Å²) in [5.74, 6) is 0. The summed E-state index contributed by atoms with van der Waals surface area (Å²) < 4.78 is 82.4. The zero-order chi connectivity index (χ0) is 77.6. The predicted molar refractivity (Wildman–Crippen MR) is 456 cm³/mol. The van der Waals surface area contributed by atoms with Gasteiger partial charge in [-0.1, -0.05) is 297 Å². The van der Waals surface area contributed by atoms with E-state index in [4.69, 9.17) is 2.74 Å². The second-order valence-electron chi connectivity index (χ2n) is 28.4. The number of fused-ring (bicyclic) bond motifs is 16. The second kappa shape index (κ2) is 23.7. The van der Waals surface area contributed by atoms with Crippen LogP contribution < -0.4 is 26.2 Å². The van der Waals surface area contributed by atoms with Gasteiger partial charge in [0.15, 0.2) is 0 Å². The number of para-hydroxylation sites is 8. The van der Waals surface area contributed by atoms with E-state index >= 15 is 0 Å².